The van der Waals surface area contributed by atoms with Crippen LogP contribution in [-0.4, -0.2) is 27.6 Å². The van der Waals surface area contributed by atoms with Gasteiger partial charge in [0.05, 0.1) is 4.92 Å². The molecule has 9 nitrogen and oxygen atoms in total. The Labute approximate surface area is 153 Å². The first-order chi connectivity index (χ1) is 13.0. The highest BCUT2D eigenvalue weighted by Crippen LogP contribution is 2.25. The fraction of sp³-hybridized carbons (Fsp3) is 0.167. The molecule has 0 N–H and O–H groups in total. The van der Waals surface area contributed by atoms with Crippen molar-refractivity contribution in [3.63, 3.8) is 0 Å². The van der Waals surface area contributed by atoms with Crippen molar-refractivity contribution in [3.8, 4) is 17.1 Å². The molecule has 0 amide bonds. The van der Waals surface area contributed by atoms with Gasteiger partial charge in [-0.1, -0.05) is 41.6 Å². The third-order valence-electron chi connectivity index (χ3n) is 3.62. The van der Waals surface area contributed by atoms with Gasteiger partial charge in [-0.3, -0.25) is 10.1 Å². The number of benzene rings is 2. The lowest BCUT2D eigenvalue weighted by atomic mass is 10.1. The number of aromatic nitrogens is 2. The zero-order chi connectivity index (χ0) is 19.2. The van der Waals surface area contributed by atoms with Crippen molar-refractivity contribution in [3.05, 3.63) is 70.1 Å². The topological polar surface area (TPSA) is 118 Å². The summed E-state index contributed by atoms with van der Waals surface area (Å²) in [5.41, 5.74) is 1.57. The van der Waals surface area contributed by atoms with E-state index < -0.39 is 17.5 Å². The molecule has 138 valence electrons. The number of ether oxygens (including phenoxy) is 2. The summed E-state index contributed by atoms with van der Waals surface area (Å²) >= 11 is 0. The number of hydrogen-bond donors (Lipinski definition) is 0. The molecule has 0 unspecified atom stereocenters. The van der Waals surface area contributed by atoms with E-state index in [1.54, 1.807) is 6.07 Å². The van der Waals surface area contributed by atoms with E-state index in [0.29, 0.717) is 5.82 Å². The molecule has 0 bridgehead atoms. The van der Waals surface area contributed by atoms with Gasteiger partial charge >= 0.3 is 11.7 Å². The number of nitrogens with zero attached hydrogens (tertiary/aromatic N) is 3. The summed E-state index contributed by atoms with van der Waals surface area (Å²) < 4.78 is 15.2. The van der Waals surface area contributed by atoms with Crippen LogP contribution in [0.15, 0.2) is 53.1 Å². The molecule has 0 aliphatic rings. The van der Waals surface area contributed by atoms with Gasteiger partial charge in [-0.25, -0.2) is 4.79 Å². The largest absolute Gasteiger partial charge is 0.475 e. The number of esters is 1. The number of para-hydroxylation sites is 2. The number of aryl methyl sites for hydroxylation is 1. The molecule has 0 saturated carbocycles. The van der Waals surface area contributed by atoms with Gasteiger partial charge in [-0.15, -0.1) is 0 Å². The first kappa shape index (κ1) is 18.1. The quantitative estimate of drug-likeness (QED) is 0.354. The Balaban J connectivity index is 1.55. The molecule has 0 radical (unpaired) electrons. The molecule has 3 rings (SSSR count). The van der Waals surface area contributed by atoms with E-state index >= 15 is 0 Å². The molecule has 2 aromatic carbocycles. The summed E-state index contributed by atoms with van der Waals surface area (Å²) in [7, 11) is 0. The average molecular weight is 369 g/mol. The fourth-order valence-corrected chi connectivity index (χ4v) is 2.30. The third kappa shape index (κ3) is 4.46. The van der Waals surface area contributed by atoms with Crippen LogP contribution in [0.2, 0.25) is 0 Å². The summed E-state index contributed by atoms with van der Waals surface area (Å²) in [6.45, 7) is 1.22. The van der Waals surface area contributed by atoms with Gasteiger partial charge in [-0.05, 0) is 18.6 Å². The second-order valence-electron chi connectivity index (χ2n) is 5.50. The molecule has 0 spiro atoms. The van der Waals surface area contributed by atoms with Gasteiger partial charge in [0.15, 0.2) is 19.0 Å². The minimum atomic E-state index is -0.719. The zero-order valence-electron chi connectivity index (χ0n) is 14.3. The highest BCUT2D eigenvalue weighted by atomic mass is 16.6. The Kier molecular flexibility index (Phi) is 5.41. The predicted octanol–water partition coefficient (Wildman–Crippen LogP) is 3.08. The SMILES string of the molecule is Cc1ccccc1-c1noc(COC(=O)COc2ccccc2[N+](=O)[O-])n1. The minimum Gasteiger partial charge on any atom is -0.475 e. The molecule has 1 aromatic heterocycles. The number of nitro benzene ring substituents is 1. The molecule has 27 heavy (non-hydrogen) atoms. The van der Waals surface area contributed by atoms with Crippen molar-refractivity contribution in [1.29, 1.82) is 0 Å². The Morgan fingerprint density at radius 1 is 1.19 bits per heavy atom. The van der Waals surface area contributed by atoms with Crippen molar-refractivity contribution in [2.75, 3.05) is 6.61 Å². The Morgan fingerprint density at radius 3 is 2.70 bits per heavy atom. The van der Waals surface area contributed by atoms with E-state index in [9.17, 15) is 14.9 Å². The molecule has 0 aliphatic carbocycles. The Bertz CT molecular complexity index is 969. The Morgan fingerprint density at radius 2 is 1.93 bits per heavy atom. The van der Waals surface area contributed by atoms with Crippen LogP contribution in [0.1, 0.15) is 11.5 Å². The van der Waals surface area contributed by atoms with E-state index in [2.05, 4.69) is 10.1 Å². The van der Waals surface area contributed by atoms with Crippen LogP contribution >= 0.6 is 0 Å². The molecular weight excluding hydrogens is 354 g/mol. The van der Waals surface area contributed by atoms with Crippen molar-refractivity contribution < 1.29 is 23.7 Å². The first-order valence-electron chi connectivity index (χ1n) is 7.95. The number of nitro groups is 1. The lowest BCUT2D eigenvalue weighted by Crippen LogP contribution is -2.15. The number of rotatable bonds is 7. The molecule has 3 aromatic rings. The highest BCUT2D eigenvalue weighted by Gasteiger charge is 2.16. The zero-order valence-corrected chi connectivity index (χ0v) is 14.3. The lowest BCUT2D eigenvalue weighted by molar-refractivity contribution is -0.385. The van der Waals surface area contributed by atoms with Crippen LogP contribution in [-0.2, 0) is 16.1 Å². The van der Waals surface area contributed by atoms with Gasteiger partial charge in [0.1, 0.15) is 0 Å². The summed E-state index contributed by atoms with van der Waals surface area (Å²) in [5, 5.41) is 14.8. The average Bonchev–Trinajstić information content (AvgIpc) is 3.14. The van der Waals surface area contributed by atoms with Crippen molar-refractivity contribution in [2.24, 2.45) is 0 Å². The maximum Gasteiger partial charge on any atom is 0.344 e. The number of carbonyl (C=O) groups is 1. The molecule has 0 aliphatic heterocycles. The summed E-state index contributed by atoms with van der Waals surface area (Å²) in [5.74, 6) is -0.203. The molecule has 1 heterocycles. The van der Waals surface area contributed by atoms with E-state index in [0.717, 1.165) is 11.1 Å². The Hall–Kier alpha value is -3.75. The van der Waals surface area contributed by atoms with E-state index in [4.69, 9.17) is 14.0 Å². The van der Waals surface area contributed by atoms with Crippen LogP contribution in [0.5, 0.6) is 5.75 Å². The maximum atomic E-state index is 11.8. The number of carbonyl (C=O) groups excluding carboxylic acids is 1. The second kappa shape index (κ2) is 8.09. The minimum absolute atomic E-state index is 0.0147. The van der Waals surface area contributed by atoms with E-state index in [1.807, 2.05) is 31.2 Å². The monoisotopic (exact) mass is 369 g/mol. The van der Waals surface area contributed by atoms with Crippen molar-refractivity contribution in [2.45, 2.75) is 13.5 Å². The molecular formula is C18H15N3O6. The summed E-state index contributed by atoms with van der Waals surface area (Å²) in [6.07, 6.45) is 0. The second-order valence-corrected chi connectivity index (χ2v) is 5.50. The smallest absolute Gasteiger partial charge is 0.344 e. The van der Waals surface area contributed by atoms with Crippen LogP contribution < -0.4 is 4.74 Å². The maximum absolute atomic E-state index is 11.8. The van der Waals surface area contributed by atoms with Gasteiger partial charge in [0.25, 0.3) is 5.89 Å². The fourth-order valence-electron chi connectivity index (χ4n) is 2.30. The van der Waals surface area contributed by atoms with Crippen molar-refractivity contribution in [1.82, 2.24) is 10.1 Å². The van der Waals surface area contributed by atoms with Crippen LogP contribution in [0, 0.1) is 17.0 Å². The first-order valence-corrected chi connectivity index (χ1v) is 7.95. The third-order valence-corrected chi connectivity index (χ3v) is 3.62. The van der Waals surface area contributed by atoms with Crippen molar-refractivity contribution >= 4 is 11.7 Å². The summed E-state index contributed by atoms with van der Waals surface area (Å²) in [4.78, 5) is 26.3. The summed E-state index contributed by atoms with van der Waals surface area (Å²) in [6, 6.07) is 13.3. The normalized spacial score (nSPS) is 10.4. The van der Waals surface area contributed by atoms with E-state index in [-0.39, 0.29) is 23.9 Å². The van der Waals surface area contributed by atoms with Gasteiger partial charge in [0, 0.05) is 11.6 Å². The standard InChI is InChI=1S/C18H15N3O6/c1-12-6-2-3-7-13(12)18-19-16(27-20-18)10-26-17(22)11-25-15-9-5-4-8-14(15)21(23)24/h2-9H,10-11H2,1H3. The van der Waals surface area contributed by atoms with Gasteiger partial charge < -0.3 is 14.0 Å². The highest BCUT2D eigenvalue weighted by molar-refractivity contribution is 5.71. The number of hydrogen-bond acceptors (Lipinski definition) is 8. The lowest BCUT2D eigenvalue weighted by Gasteiger charge is -2.05. The molecule has 0 fully saturated rings. The van der Waals surface area contributed by atoms with E-state index in [1.165, 1.54) is 18.2 Å². The van der Waals surface area contributed by atoms with Crippen LogP contribution in [0.25, 0.3) is 11.4 Å². The molecule has 0 saturated heterocycles. The van der Waals surface area contributed by atoms with Crippen LogP contribution in [0.4, 0.5) is 5.69 Å². The van der Waals surface area contributed by atoms with Crippen LogP contribution in [0.3, 0.4) is 0 Å². The van der Waals surface area contributed by atoms with Gasteiger partial charge in [0.2, 0.25) is 5.82 Å². The van der Waals surface area contributed by atoms with Gasteiger partial charge in [-0.2, -0.15) is 4.98 Å². The molecule has 9 heteroatoms. The predicted molar refractivity (Wildman–Crippen MR) is 92.9 cm³/mol. The molecule has 0 atom stereocenters.